The third-order valence-electron chi connectivity index (χ3n) is 2.99. The third-order valence-corrected chi connectivity index (χ3v) is 2.99. The molecule has 0 amide bonds. The van der Waals surface area contributed by atoms with Crippen LogP contribution in [0.15, 0.2) is 0 Å². The Balaban J connectivity index is 0.000000181. The summed E-state index contributed by atoms with van der Waals surface area (Å²) in [7, 11) is 2.41. The molecule has 0 saturated carbocycles. The highest BCUT2D eigenvalue weighted by Gasteiger charge is 2.25. The van der Waals surface area contributed by atoms with Crippen molar-refractivity contribution in [3.05, 3.63) is 6.08 Å². The Morgan fingerprint density at radius 2 is 2.06 bits per heavy atom. The van der Waals surface area contributed by atoms with E-state index < -0.39 is 6.08 Å². The summed E-state index contributed by atoms with van der Waals surface area (Å²) in [5, 5.41) is 11.2. The van der Waals surface area contributed by atoms with E-state index >= 15 is 0 Å². The number of hydrogen-bond donors (Lipinski definition) is 0. The van der Waals surface area contributed by atoms with Crippen LogP contribution in [-0.2, 0) is 0 Å². The van der Waals surface area contributed by atoms with Gasteiger partial charge in [0.05, 0.1) is 26.7 Å². The second kappa shape index (κ2) is 6.52. The smallest absolute Gasteiger partial charge is 0.187 e. The first-order valence-electron chi connectivity index (χ1n) is 5.84. The Morgan fingerprint density at radius 1 is 1.38 bits per heavy atom. The fourth-order valence-corrected chi connectivity index (χ4v) is 2.00. The molecule has 2 heterocycles. The molecule has 0 radical (unpaired) electrons. The first kappa shape index (κ1) is 13.0. The van der Waals surface area contributed by atoms with Gasteiger partial charge in [0.25, 0.3) is 0 Å². The maximum Gasteiger partial charge on any atom is 0.187 e. The summed E-state index contributed by atoms with van der Waals surface area (Å²) in [6, 6.07) is 0. The molecular formula is C10H20FN5. The van der Waals surface area contributed by atoms with Crippen LogP contribution in [0.2, 0.25) is 0 Å². The molecule has 2 rings (SSSR count). The first-order chi connectivity index (χ1) is 7.66. The number of unbranched alkanes of at least 4 members (excludes halogenated alkanes) is 1. The molecule has 6 heteroatoms. The monoisotopic (exact) mass is 229 g/mol. The third kappa shape index (κ3) is 4.65. The normalized spacial score (nSPS) is 17.9. The van der Waals surface area contributed by atoms with Gasteiger partial charge in [-0.25, -0.2) is 5.10 Å². The minimum absolute atomic E-state index is 0.880. The molecule has 0 N–H and O–H groups in total. The van der Waals surface area contributed by atoms with Gasteiger partial charge in [0.15, 0.2) is 6.08 Å². The number of aromatic nitrogens is 4. The maximum atomic E-state index is 11.3. The second-order valence-electron chi connectivity index (χ2n) is 4.50. The van der Waals surface area contributed by atoms with Crippen molar-refractivity contribution >= 4 is 0 Å². The minimum atomic E-state index is -0.880. The van der Waals surface area contributed by atoms with Crippen LogP contribution in [0.25, 0.3) is 0 Å². The zero-order valence-corrected chi connectivity index (χ0v) is 10.1. The predicted octanol–water partition coefficient (Wildman–Crippen LogP) is 0.995. The molecule has 0 spiro atoms. The number of quaternary nitrogens is 1. The molecule has 92 valence electrons. The fraction of sp³-hybridized carbons (Fsp3) is 0.900. The van der Waals surface area contributed by atoms with Gasteiger partial charge in [-0.05, 0) is 6.42 Å². The standard InChI is InChI=1S/C9H20N.CFN4/c1-3-4-7-10(2)8-5-6-9-10;2-1-3-5-6-4-1/h3-9H2,1-2H3;/q+1;-1. The molecule has 1 aromatic heterocycles. The Kier molecular flexibility index (Phi) is 5.31. The van der Waals surface area contributed by atoms with E-state index in [-0.39, 0.29) is 0 Å². The van der Waals surface area contributed by atoms with Gasteiger partial charge in [0, 0.05) is 12.8 Å². The zero-order valence-electron chi connectivity index (χ0n) is 10.1. The Bertz CT molecular complexity index is 269. The fourth-order valence-electron chi connectivity index (χ4n) is 2.00. The number of halogens is 1. The van der Waals surface area contributed by atoms with Crippen molar-refractivity contribution in [2.75, 3.05) is 26.7 Å². The molecule has 0 aromatic carbocycles. The van der Waals surface area contributed by atoms with Crippen molar-refractivity contribution in [2.45, 2.75) is 32.6 Å². The lowest BCUT2D eigenvalue weighted by Gasteiger charge is -2.28. The topological polar surface area (TPSA) is 52.8 Å². The highest BCUT2D eigenvalue weighted by molar-refractivity contribution is 4.51. The molecule has 1 saturated heterocycles. The van der Waals surface area contributed by atoms with Crippen molar-refractivity contribution in [3.63, 3.8) is 0 Å². The highest BCUT2D eigenvalue weighted by atomic mass is 19.1. The van der Waals surface area contributed by atoms with Crippen molar-refractivity contribution in [3.8, 4) is 0 Å². The molecule has 1 fully saturated rings. The van der Waals surface area contributed by atoms with Crippen LogP contribution in [-0.4, -0.2) is 46.7 Å². The summed E-state index contributed by atoms with van der Waals surface area (Å²) >= 11 is 0. The van der Waals surface area contributed by atoms with Crippen LogP contribution in [0.3, 0.4) is 0 Å². The predicted molar refractivity (Wildman–Crippen MR) is 58.0 cm³/mol. The van der Waals surface area contributed by atoms with Crippen LogP contribution in [0.4, 0.5) is 4.39 Å². The van der Waals surface area contributed by atoms with E-state index in [1.165, 1.54) is 49.8 Å². The van der Waals surface area contributed by atoms with Gasteiger partial charge in [0.2, 0.25) is 0 Å². The molecule has 1 aromatic rings. The average molecular weight is 229 g/mol. The van der Waals surface area contributed by atoms with Gasteiger partial charge < -0.3 is 9.58 Å². The van der Waals surface area contributed by atoms with Crippen LogP contribution in [0.1, 0.15) is 32.6 Å². The van der Waals surface area contributed by atoms with E-state index in [9.17, 15) is 4.39 Å². The van der Waals surface area contributed by atoms with Crippen LogP contribution in [0, 0.1) is 6.08 Å². The van der Waals surface area contributed by atoms with Gasteiger partial charge in [-0.1, -0.05) is 13.3 Å². The lowest BCUT2D eigenvalue weighted by Crippen LogP contribution is -2.41. The Labute approximate surface area is 95.6 Å². The van der Waals surface area contributed by atoms with Gasteiger partial charge in [0.1, 0.15) is 0 Å². The van der Waals surface area contributed by atoms with Crippen LogP contribution >= 0.6 is 0 Å². The summed E-state index contributed by atoms with van der Waals surface area (Å²) in [6.45, 7) is 6.55. The quantitative estimate of drug-likeness (QED) is 0.725. The van der Waals surface area contributed by atoms with Gasteiger partial charge in [-0.3, -0.25) is 5.21 Å². The van der Waals surface area contributed by atoms with E-state index in [0.717, 1.165) is 0 Å². The van der Waals surface area contributed by atoms with Crippen molar-refractivity contribution in [1.82, 2.24) is 20.6 Å². The largest absolute Gasteiger partial charge is 0.326 e. The van der Waals surface area contributed by atoms with Gasteiger partial charge >= 0.3 is 0 Å². The number of nitrogens with zero attached hydrogens (tertiary/aromatic N) is 5. The molecule has 16 heavy (non-hydrogen) atoms. The minimum Gasteiger partial charge on any atom is -0.326 e. The van der Waals surface area contributed by atoms with Crippen LogP contribution in [0.5, 0.6) is 0 Å². The summed E-state index contributed by atoms with van der Waals surface area (Å²) in [5.41, 5.74) is 0. The summed E-state index contributed by atoms with van der Waals surface area (Å²) in [4.78, 5) is 0. The van der Waals surface area contributed by atoms with Crippen molar-refractivity contribution < 1.29 is 8.87 Å². The van der Waals surface area contributed by atoms with E-state index in [2.05, 4.69) is 34.6 Å². The molecule has 0 bridgehead atoms. The molecular weight excluding hydrogens is 209 g/mol. The van der Waals surface area contributed by atoms with E-state index in [1.54, 1.807) is 0 Å². The molecule has 1 aliphatic heterocycles. The number of likely N-dealkylation sites (tertiary alicyclic amines) is 1. The number of rotatable bonds is 3. The van der Waals surface area contributed by atoms with E-state index in [1.807, 2.05) is 0 Å². The zero-order chi connectivity index (χ0) is 11.9. The summed E-state index contributed by atoms with van der Waals surface area (Å²) < 4.78 is 12.7. The SMILES string of the molecule is CCCC[N+]1(C)CCCC1.Fc1nnn[n-]1. The second-order valence-corrected chi connectivity index (χ2v) is 4.50. The molecule has 0 aliphatic carbocycles. The lowest BCUT2D eigenvalue weighted by atomic mass is 10.3. The molecule has 5 nitrogen and oxygen atoms in total. The van der Waals surface area contributed by atoms with E-state index in [0.29, 0.717) is 0 Å². The maximum absolute atomic E-state index is 11.3. The molecule has 0 unspecified atom stereocenters. The van der Waals surface area contributed by atoms with Gasteiger partial charge in [-0.2, -0.15) is 9.60 Å². The molecule has 0 atom stereocenters. The van der Waals surface area contributed by atoms with E-state index in [4.69, 9.17) is 0 Å². The summed E-state index contributed by atoms with van der Waals surface area (Å²) in [5.74, 6) is 0. The lowest BCUT2D eigenvalue weighted by molar-refractivity contribution is -0.897. The van der Waals surface area contributed by atoms with Gasteiger partial charge in [-0.15, -0.1) is 0 Å². The van der Waals surface area contributed by atoms with Crippen LogP contribution < -0.4 is 5.10 Å². The Hall–Kier alpha value is -1.04. The molecule has 1 aliphatic rings. The Morgan fingerprint density at radius 3 is 2.44 bits per heavy atom. The van der Waals surface area contributed by atoms with Crippen molar-refractivity contribution in [2.24, 2.45) is 0 Å². The average Bonchev–Trinajstić information content (AvgIpc) is 2.89. The van der Waals surface area contributed by atoms with Crippen molar-refractivity contribution in [1.29, 1.82) is 0 Å². The summed E-state index contributed by atoms with van der Waals surface area (Å²) in [6.07, 6.45) is 4.81. The number of hydrogen-bond acceptors (Lipinski definition) is 3. The highest BCUT2D eigenvalue weighted by Crippen LogP contribution is 2.16. The first-order valence-corrected chi connectivity index (χ1v) is 5.84. The number of tetrazole rings is 1.